The molecule has 88 valence electrons. The summed E-state index contributed by atoms with van der Waals surface area (Å²) in [5.41, 5.74) is 2.35. The van der Waals surface area contributed by atoms with Crippen molar-refractivity contribution in [3.05, 3.63) is 16.3 Å². The fourth-order valence-corrected chi connectivity index (χ4v) is 3.47. The summed E-state index contributed by atoms with van der Waals surface area (Å²) in [6.07, 6.45) is 4.70. The Kier molecular flexibility index (Phi) is 2.55. The molecule has 2 aromatic rings. The van der Waals surface area contributed by atoms with Crippen molar-refractivity contribution in [2.24, 2.45) is 4.99 Å². The Hall–Kier alpha value is -1.49. The molecular formula is C12H13N3OS. The molecule has 0 atom stereocenters. The molecule has 0 bridgehead atoms. The molecule has 0 aliphatic heterocycles. The third kappa shape index (κ3) is 1.70. The fourth-order valence-electron chi connectivity index (χ4n) is 2.28. The lowest BCUT2D eigenvalue weighted by Gasteiger charge is -2.10. The molecular weight excluding hydrogens is 234 g/mol. The van der Waals surface area contributed by atoms with Gasteiger partial charge in [-0.05, 0) is 44.9 Å². The van der Waals surface area contributed by atoms with Gasteiger partial charge in [0.25, 0.3) is 5.89 Å². The zero-order valence-corrected chi connectivity index (χ0v) is 10.5. The molecule has 17 heavy (non-hydrogen) atoms. The molecule has 1 aliphatic carbocycles. The third-order valence-corrected chi connectivity index (χ3v) is 4.26. The fraction of sp³-hybridized carbons (Fsp3) is 0.417. The van der Waals surface area contributed by atoms with Crippen LogP contribution in [0.25, 0.3) is 11.5 Å². The first-order chi connectivity index (χ1) is 8.29. The Balaban J connectivity index is 2.20. The van der Waals surface area contributed by atoms with Crippen LogP contribution in [0.15, 0.2) is 9.52 Å². The minimum atomic E-state index is 0.587. The lowest BCUT2D eigenvalue weighted by Crippen LogP contribution is -1.99. The molecule has 0 saturated heterocycles. The van der Waals surface area contributed by atoms with Crippen molar-refractivity contribution < 1.29 is 4.52 Å². The Morgan fingerprint density at radius 1 is 1.35 bits per heavy atom. The number of aromatic nitrogens is 2. The van der Waals surface area contributed by atoms with E-state index >= 15 is 0 Å². The van der Waals surface area contributed by atoms with E-state index in [4.69, 9.17) is 4.52 Å². The summed E-state index contributed by atoms with van der Waals surface area (Å²) in [5.74, 6) is 1.25. The average molecular weight is 247 g/mol. The van der Waals surface area contributed by atoms with E-state index in [9.17, 15) is 0 Å². The first-order valence-electron chi connectivity index (χ1n) is 5.71. The van der Waals surface area contributed by atoms with Crippen LogP contribution in [-0.4, -0.2) is 16.9 Å². The Morgan fingerprint density at radius 2 is 2.18 bits per heavy atom. The first kappa shape index (κ1) is 10.7. The topological polar surface area (TPSA) is 51.3 Å². The van der Waals surface area contributed by atoms with Crippen LogP contribution in [0.5, 0.6) is 0 Å². The van der Waals surface area contributed by atoms with Gasteiger partial charge in [0, 0.05) is 4.88 Å². The van der Waals surface area contributed by atoms with E-state index in [-0.39, 0.29) is 0 Å². The number of aryl methyl sites for hydroxylation is 2. The lowest BCUT2D eigenvalue weighted by atomic mass is 9.95. The van der Waals surface area contributed by atoms with Crippen molar-refractivity contribution in [2.75, 3.05) is 0 Å². The van der Waals surface area contributed by atoms with Gasteiger partial charge in [0.2, 0.25) is 0 Å². The summed E-state index contributed by atoms with van der Waals surface area (Å²) in [6.45, 7) is 5.46. The van der Waals surface area contributed by atoms with E-state index in [0.717, 1.165) is 23.4 Å². The molecule has 2 heterocycles. The van der Waals surface area contributed by atoms with E-state index < -0.39 is 0 Å². The van der Waals surface area contributed by atoms with Gasteiger partial charge in [0.05, 0.1) is 5.56 Å². The second-order valence-electron chi connectivity index (χ2n) is 4.20. The van der Waals surface area contributed by atoms with E-state index in [2.05, 4.69) is 21.9 Å². The van der Waals surface area contributed by atoms with Crippen molar-refractivity contribution in [2.45, 2.75) is 32.6 Å². The first-order valence-corrected chi connectivity index (χ1v) is 6.53. The SMILES string of the molecule is C=Nc1sc2c(c1-c1nc(C)no1)CCCC2. The minimum absolute atomic E-state index is 0.587. The average Bonchev–Trinajstić information content (AvgIpc) is 2.91. The summed E-state index contributed by atoms with van der Waals surface area (Å²) in [4.78, 5) is 9.82. The monoisotopic (exact) mass is 247 g/mol. The quantitative estimate of drug-likeness (QED) is 0.765. The van der Waals surface area contributed by atoms with Gasteiger partial charge in [-0.15, -0.1) is 11.3 Å². The Bertz CT molecular complexity index is 570. The minimum Gasteiger partial charge on any atom is -0.334 e. The van der Waals surface area contributed by atoms with Gasteiger partial charge in [0.1, 0.15) is 5.00 Å². The number of thiophene rings is 1. The highest BCUT2D eigenvalue weighted by atomic mass is 32.1. The smallest absolute Gasteiger partial charge is 0.261 e. The molecule has 0 fully saturated rings. The number of hydrogen-bond acceptors (Lipinski definition) is 5. The van der Waals surface area contributed by atoms with Crippen molar-refractivity contribution in [1.82, 2.24) is 10.1 Å². The van der Waals surface area contributed by atoms with E-state index in [1.54, 1.807) is 11.3 Å². The molecule has 1 aliphatic rings. The molecule has 0 aromatic carbocycles. The number of fused-ring (bicyclic) bond motifs is 1. The summed E-state index contributed by atoms with van der Waals surface area (Å²) in [7, 11) is 0. The molecule has 0 radical (unpaired) electrons. The maximum absolute atomic E-state index is 5.28. The van der Waals surface area contributed by atoms with Crippen LogP contribution in [0, 0.1) is 6.92 Å². The number of hydrogen-bond donors (Lipinski definition) is 0. The van der Waals surface area contributed by atoms with Crippen LogP contribution in [0.3, 0.4) is 0 Å². The summed E-state index contributed by atoms with van der Waals surface area (Å²) in [6, 6.07) is 0. The largest absolute Gasteiger partial charge is 0.334 e. The van der Waals surface area contributed by atoms with Crippen LogP contribution < -0.4 is 0 Å². The van der Waals surface area contributed by atoms with Gasteiger partial charge in [-0.3, -0.25) is 4.99 Å². The molecule has 0 unspecified atom stereocenters. The summed E-state index contributed by atoms with van der Waals surface area (Å²) >= 11 is 1.71. The Morgan fingerprint density at radius 3 is 2.88 bits per heavy atom. The second kappa shape index (κ2) is 4.07. The van der Waals surface area contributed by atoms with E-state index in [0.29, 0.717) is 11.7 Å². The van der Waals surface area contributed by atoms with E-state index in [1.165, 1.54) is 23.3 Å². The zero-order chi connectivity index (χ0) is 11.8. The number of nitrogens with zero attached hydrogens (tertiary/aromatic N) is 3. The predicted molar refractivity (Wildman–Crippen MR) is 68.2 cm³/mol. The molecule has 0 amide bonds. The van der Waals surface area contributed by atoms with Gasteiger partial charge in [0.15, 0.2) is 5.82 Å². The molecule has 4 nitrogen and oxygen atoms in total. The summed E-state index contributed by atoms with van der Waals surface area (Å²) < 4.78 is 5.28. The van der Waals surface area contributed by atoms with Gasteiger partial charge in [-0.2, -0.15) is 4.98 Å². The van der Waals surface area contributed by atoms with Crippen molar-refractivity contribution in [3.63, 3.8) is 0 Å². The molecule has 3 rings (SSSR count). The third-order valence-electron chi connectivity index (χ3n) is 3.04. The van der Waals surface area contributed by atoms with Crippen LogP contribution >= 0.6 is 11.3 Å². The predicted octanol–water partition coefficient (Wildman–Crippen LogP) is 3.32. The zero-order valence-electron chi connectivity index (χ0n) is 9.69. The summed E-state index contributed by atoms with van der Waals surface area (Å²) in [5, 5.41) is 4.77. The molecule has 0 N–H and O–H groups in total. The lowest BCUT2D eigenvalue weighted by molar-refractivity contribution is 0.425. The van der Waals surface area contributed by atoms with Crippen LogP contribution in [0.2, 0.25) is 0 Å². The van der Waals surface area contributed by atoms with Crippen LogP contribution in [0.1, 0.15) is 29.1 Å². The number of aliphatic imine (C=N–C) groups is 1. The van der Waals surface area contributed by atoms with Crippen molar-refractivity contribution in [3.8, 4) is 11.5 Å². The molecule has 2 aromatic heterocycles. The molecule has 5 heteroatoms. The molecule has 0 spiro atoms. The highest BCUT2D eigenvalue weighted by Gasteiger charge is 2.24. The number of rotatable bonds is 2. The Labute approximate surface area is 103 Å². The van der Waals surface area contributed by atoms with E-state index in [1.807, 2.05) is 6.92 Å². The van der Waals surface area contributed by atoms with Crippen LogP contribution in [0.4, 0.5) is 5.00 Å². The van der Waals surface area contributed by atoms with Gasteiger partial charge >= 0.3 is 0 Å². The maximum Gasteiger partial charge on any atom is 0.261 e. The normalized spacial score (nSPS) is 14.6. The maximum atomic E-state index is 5.28. The van der Waals surface area contributed by atoms with Gasteiger partial charge < -0.3 is 4.52 Å². The standard InChI is InChI=1S/C12H13N3OS/c1-7-14-11(16-15-7)10-8-5-3-4-6-9(8)17-12(10)13-2/h2-6H2,1H3. The van der Waals surface area contributed by atoms with Crippen molar-refractivity contribution >= 4 is 23.1 Å². The van der Waals surface area contributed by atoms with Gasteiger partial charge in [-0.25, -0.2) is 0 Å². The van der Waals surface area contributed by atoms with Crippen molar-refractivity contribution in [1.29, 1.82) is 0 Å². The highest BCUT2D eigenvalue weighted by molar-refractivity contribution is 7.16. The second-order valence-corrected chi connectivity index (χ2v) is 5.28. The van der Waals surface area contributed by atoms with Gasteiger partial charge in [-0.1, -0.05) is 5.16 Å². The molecule has 0 saturated carbocycles. The highest BCUT2D eigenvalue weighted by Crippen LogP contribution is 2.44. The van der Waals surface area contributed by atoms with Crippen LogP contribution in [-0.2, 0) is 12.8 Å².